The van der Waals surface area contributed by atoms with E-state index in [9.17, 15) is 9.59 Å². The van der Waals surface area contributed by atoms with Gasteiger partial charge in [0.25, 0.3) is 11.5 Å². The number of H-pyrrole nitrogens is 1. The molecule has 2 heterocycles. The van der Waals surface area contributed by atoms with Gasteiger partial charge >= 0.3 is 0 Å². The lowest BCUT2D eigenvalue weighted by Gasteiger charge is -2.39. The minimum atomic E-state index is -0.419. The lowest BCUT2D eigenvalue weighted by Crippen LogP contribution is -2.50. The van der Waals surface area contributed by atoms with E-state index in [2.05, 4.69) is 63.6 Å². The number of amides is 1. The number of nitrogens with one attached hydrogen (secondary N) is 1. The summed E-state index contributed by atoms with van der Waals surface area (Å²) in [6.07, 6.45) is 0. The van der Waals surface area contributed by atoms with E-state index < -0.39 is 5.56 Å². The van der Waals surface area contributed by atoms with E-state index in [4.69, 9.17) is 0 Å². The summed E-state index contributed by atoms with van der Waals surface area (Å²) in [4.78, 5) is 29.5. The van der Waals surface area contributed by atoms with Crippen molar-refractivity contribution in [2.24, 2.45) is 0 Å². The average Bonchev–Trinajstić information content (AvgIpc) is 2.79. The predicted octanol–water partition coefficient (Wildman–Crippen LogP) is 2.93. The second kappa shape index (κ2) is 8.63. The highest BCUT2D eigenvalue weighted by Gasteiger charge is 2.30. The summed E-state index contributed by atoms with van der Waals surface area (Å²) in [7, 11) is 0. The fourth-order valence-corrected chi connectivity index (χ4v) is 4.11. The molecule has 0 atom stereocenters. The van der Waals surface area contributed by atoms with Crippen molar-refractivity contribution in [3.05, 3.63) is 99.0 Å². The maximum Gasteiger partial charge on any atom is 0.277 e. The minimum absolute atomic E-state index is 0.137. The molecule has 2 aromatic carbocycles. The van der Waals surface area contributed by atoms with Crippen LogP contribution in [0.5, 0.6) is 0 Å². The number of benzene rings is 2. The van der Waals surface area contributed by atoms with Gasteiger partial charge in [0.2, 0.25) is 0 Å². The Labute approximate surface area is 176 Å². The van der Waals surface area contributed by atoms with Crippen LogP contribution in [0.4, 0.5) is 0 Å². The SMILES string of the molecule is Cc1n[nH]c(=O)c(C(=O)N2CCN(C(c3ccccc3)c3ccccc3)CC2)c1C. The molecule has 1 aliphatic heterocycles. The number of aromatic nitrogens is 2. The lowest BCUT2D eigenvalue weighted by molar-refractivity contribution is 0.0594. The Kier molecular flexibility index (Phi) is 5.77. The van der Waals surface area contributed by atoms with Gasteiger partial charge < -0.3 is 4.90 Å². The Hall–Kier alpha value is -3.25. The van der Waals surface area contributed by atoms with Crippen LogP contribution in [-0.4, -0.2) is 52.1 Å². The number of hydrogen-bond acceptors (Lipinski definition) is 4. The number of aryl methyl sites for hydroxylation is 1. The molecule has 0 unspecified atom stereocenters. The Balaban J connectivity index is 1.55. The van der Waals surface area contributed by atoms with Gasteiger partial charge in [-0.2, -0.15) is 5.10 Å². The van der Waals surface area contributed by atoms with Crippen LogP contribution in [-0.2, 0) is 0 Å². The molecule has 1 fully saturated rings. The molecule has 1 aliphatic rings. The molecule has 1 aromatic heterocycles. The van der Waals surface area contributed by atoms with Crippen molar-refractivity contribution in [3.8, 4) is 0 Å². The number of carbonyl (C=O) groups excluding carboxylic acids is 1. The monoisotopic (exact) mass is 402 g/mol. The Morgan fingerprint density at radius 1 is 0.900 bits per heavy atom. The molecule has 6 nitrogen and oxygen atoms in total. The first-order valence-corrected chi connectivity index (χ1v) is 10.3. The number of piperazine rings is 1. The standard InChI is InChI=1S/C24H26N4O2/c1-17-18(2)25-26-23(29)21(17)24(30)28-15-13-27(14-16-28)22(19-9-5-3-6-10-19)20-11-7-4-8-12-20/h3-12,22H,13-16H2,1-2H3,(H,26,29). The second-order valence-electron chi connectivity index (χ2n) is 7.69. The summed E-state index contributed by atoms with van der Waals surface area (Å²) in [6.45, 7) is 6.21. The highest BCUT2D eigenvalue weighted by molar-refractivity contribution is 5.95. The zero-order valence-electron chi connectivity index (χ0n) is 17.3. The van der Waals surface area contributed by atoms with Gasteiger partial charge in [0.15, 0.2) is 0 Å². The molecule has 3 aromatic rings. The van der Waals surface area contributed by atoms with Crippen molar-refractivity contribution >= 4 is 5.91 Å². The van der Waals surface area contributed by atoms with Crippen molar-refractivity contribution in [1.29, 1.82) is 0 Å². The van der Waals surface area contributed by atoms with Gasteiger partial charge in [-0.3, -0.25) is 14.5 Å². The molecular formula is C24H26N4O2. The van der Waals surface area contributed by atoms with Gasteiger partial charge in [0, 0.05) is 26.2 Å². The number of carbonyl (C=O) groups is 1. The first kappa shape index (κ1) is 20.0. The van der Waals surface area contributed by atoms with Crippen LogP contribution < -0.4 is 5.56 Å². The van der Waals surface area contributed by atoms with Crippen molar-refractivity contribution in [2.75, 3.05) is 26.2 Å². The molecule has 1 N–H and O–H groups in total. The van der Waals surface area contributed by atoms with Gasteiger partial charge in [0.05, 0.1) is 11.7 Å². The number of hydrogen-bond donors (Lipinski definition) is 1. The van der Waals surface area contributed by atoms with Crippen LogP contribution in [0.2, 0.25) is 0 Å². The van der Waals surface area contributed by atoms with Gasteiger partial charge in [-0.05, 0) is 30.5 Å². The summed E-state index contributed by atoms with van der Waals surface area (Å²) in [5, 5.41) is 6.39. The van der Waals surface area contributed by atoms with E-state index in [0.717, 1.165) is 13.1 Å². The maximum atomic E-state index is 13.1. The summed E-state index contributed by atoms with van der Waals surface area (Å²) in [6, 6.07) is 21.0. The topological polar surface area (TPSA) is 69.3 Å². The van der Waals surface area contributed by atoms with E-state index in [1.807, 2.05) is 12.1 Å². The fourth-order valence-electron chi connectivity index (χ4n) is 4.11. The van der Waals surface area contributed by atoms with Crippen molar-refractivity contribution in [2.45, 2.75) is 19.9 Å². The van der Waals surface area contributed by atoms with E-state index in [0.29, 0.717) is 24.3 Å². The molecule has 0 aliphatic carbocycles. The van der Waals surface area contributed by atoms with Gasteiger partial charge in [0.1, 0.15) is 5.56 Å². The molecule has 1 saturated heterocycles. The zero-order chi connectivity index (χ0) is 21.1. The van der Waals surface area contributed by atoms with Crippen molar-refractivity contribution in [3.63, 3.8) is 0 Å². The van der Waals surface area contributed by atoms with E-state index in [1.165, 1.54) is 11.1 Å². The molecule has 0 spiro atoms. The summed E-state index contributed by atoms with van der Waals surface area (Å²) >= 11 is 0. The molecule has 0 bridgehead atoms. The third-order valence-corrected chi connectivity index (χ3v) is 5.88. The van der Waals surface area contributed by atoms with E-state index >= 15 is 0 Å². The third-order valence-electron chi connectivity index (χ3n) is 5.88. The van der Waals surface area contributed by atoms with Crippen LogP contribution in [0.3, 0.4) is 0 Å². The van der Waals surface area contributed by atoms with E-state index in [1.54, 1.807) is 18.7 Å². The molecule has 1 amide bonds. The predicted molar refractivity (Wildman–Crippen MR) is 117 cm³/mol. The van der Waals surface area contributed by atoms with E-state index in [-0.39, 0.29) is 17.5 Å². The van der Waals surface area contributed by atoms with Crippen molar-refractivity contribution in [1.82, 2.24) is 20.0 Å². The Morgan fingerprint density at radius 2 is 1.43 bits per heavy atom. The highest BCUT2D eigenvalue weighted by atomic mass is 16.2. The smallest absolute Gasteiger partial charge is 0.277 e. The van der Waals surface area contributed by atoms with Crippen molar-refractivity contribution < 1.29 is 4.79 Å². The third kappa shape index (κ3) is 3.91. The first-order valence-electron chi connectivity index (χ1n) is 10.3. The molecular weight excluding hydrogens is 376 g/mol. The summed E-state index contributed by atoms with van der Waals surface area (Å²) < 4.78 is 0. The quantitative estimate of drug-likeness (QED) is 0.729. The Morgan fingerprint density at radius 3 is 1.97 bits per heavy atom. The van der Waals surface area contributed by atoms with Crippen LogP contribution in [0.15, 0.2) is 65.5 Å². The van der Waals surface area contributed by atoms with Gasteiger partial charge in [-0.1, -0.05) is 60.7 Å². The number of nitrogens with zero attached hydrogens (tertiary/aromatic N) is 3. The summed E-state index contributed by atoms with van der Waals surface area (Å²) in [5.41, 5.74) is 3.58. The van der Waals surface area contributed by atoms with Crippen LogP contribution in [0.25, 0.3) is 0 Å². The second-order valence-corrected chi connectivity index (χ2v) is 7.69. The normalized spacial score (nSPS) is 14.8. The summed E-state index contributed by atoms with van der Waals surface area (Å²) in [5.74, 6) is -0.213. The first-order chi connectivity index (χ1) is 14.6. The van der Waals surface area contributed by atoms with Crippen LogP contribution >= 0.6 is 0 Å². The fraction of sp³-hybridized carbons (Fsp3) is 0.292. The van der Waals surface area contributed by atoms with Gasteiger partial charge in [-0.15, -0.1) is 0 Å². The number of aromatic amines is 1. The van der Waals surface area contributed by atoms with Crippen LogP contribution in [0, 0.1) is 13.8 Å². The largest absolute Gasteiger partial charge is 0.336 e. The molecule has 154 valence electrons. The molecule has 0 radical (unpaired) electrons. The zero-order valence-corrected chi connectivity index (χ0v) is 17.3. The van der Waals surface area contributed by atoms with Crippen LogP contribution in [0.1, 0.15) is 38.8 Å². The minimum Gasteiger partial charge on any atom is -0.336 e. The highest BCUT2D eigenvalue weighted by Crippen LogP contribution is 2.29. The maximum absolute atomic E-state index is 13.1. The molecule has 0 saturated carbocycles. The molecule has 6 heteroatoms. The average molecular weight is 402 g/mol. The Bertz CT molecular complexity index is 1030. The lowest BCUT2D eigenvalue weighted by atomic mass is 9.96. The molecule has 30 heavy (non-hydrogen) atoms. The van der Waals surface area contributed by atoms with Gasteiger partial charge in [-0.25, -0.2) is 5.10 Å². The molecule has 4 rings (SSSR count). The number of rotatable bonds is 4.